The first-order valence-electron chi connectivity index (χ1n) is 8.90. The molecule has 120 valence electrons. The number of rotatable bonds is 5. The van der Waals surface area contributed by atoms with E-state index in [1.165, 1.54) is 41.1 Å². The van der Waals surface area contributed by atoms with Crippen LogP contribution in [-0.2, 0) is 6.42 Å². The van der Waals surface area contributed by atoms with E-state index in [1.807, 2.05) is 0 Å². The summed E-state index contributed by atoms with van der Waals surface area (Å²) in [6.45, 7) is 9.38. The van der Waals surface area contributed by atoms with Gasteiger partial charge in [0.2, 0.25) is 0 Å². The number of hydrogen-bond acceptors (Lipinski definition) is 0. The van der Waals surface area contributed by atoms with E-state index < -0.39 is 8.07 Å². The Morgan fingerprint density at radius 3 is 2.35 bits per heavy atom. The fourth-order valence-corrected chi connectivity index (χ4v) is 8.14. The lowest BCUT2D eigenvalue weighted by Gasteiger charge is -2.31. The molecule has 0 saturated heterocycles. The Morgan fingerprint density at radius 1 is 1.00 bits per heavy atom. The topological polar surface area (TPSA) is 0 Å². The minimum atomic E-state index is -1.61. The van der Waals surface area contributed by atoms with Gasteiger partial charge in [0.1, 0.15) is 8.07 Å². The zero-order valence-electron chi connectivity index (χ0n) is 14.9. The van der Waals surface area contributed by atoms with Gasteiger partial charge in [-0.3, -0.25) is 0 Å². The van der Waals surface area contributed by atoms with Gasteiger partial charge in [0.25, 0.3) is 0 Å². The molecule has 0 N–H and O–H groups in total. The lowest BCUT2D eigenvalue weighted by molar-refractivity contribution is 0.870. The second kappa shape index (κ2) is 6.49. The van der Waals surface area contributed by atoms with E-state index in [0.717, 1.165) is 6.42 Å². The molecule has 1 unspecified atom stereocenters. The first-order valence-corrected chi connectivity index (χ1v) is 11.6. The van der Waals surface area contributed by atoms with Crippen LogP contribution in [0.1, 0.15) is 42.0 Å². The predicted octanol–water partition coefficient (Wildman–Crippen LogP) is 5.57. The molecule has 0 heterocycles. The van der Waals surface area contributed by atoms with Crippen LogP contribution in [0.25, 0.3) is 6.08 Å². The molecule has 0 fully saturated rings. The average Bonchev–Trinajstić information content (AvgIpc) is 2.96. The zero-order valence-corrected chi connectivity index (χ0v) is 15.9. The summed E-state index contributed by atoms with van der Waals surface area (Å²) in [5.74, 6) is 0. The SMILES string of the molecule is CCCC[Si](C)(C1=Cc2ccccc2C1)c1cc(C)cc(C)c1. The maximum atomic E-state index is 2.59. The highest BCUT2D eigenvalue weighted by Crippen LogP contribution is 2.34. The highest BCUT2D eigenvalue weighted by atomic mass is 28.3. The van der Waals surface area contributed by atoms with E-state index in [1.54, 1.807) is 10.4 Å². The van der Waals surface area contributed by atoms with Gasteiger partial charge in [-0.2, -0.15) is 0 Å². The molecule has 0 saturated carbocycles. The van der Waals surface area contributed by atoms with Gasteiger partial charge >= 0.3 is 0 Å². The standard InChI is InChI=1S/C22H28Si/c1-5-6-11-23(4,21-13-17(2)12-18(3)14-21)22-15-19-9-7-8-10-20(19)16-22/h7-10,12-15H,5-6,11,16H2,1-4H3. The first-order chi connectivity index (χ1) is 11.0. The molecule has 1 aliphatic carbocycles. The summed E-state index contributed by atoms with van der Waals surface area (Å²) in [5, 5.41) is 3.35. The third-order valence-electron chi connectivity index (χ3n) is 5.36. The molecule has 0 nitrogen and oxygen atoms in total. The molecule has 2 aromatic carbocycles. The normalized spacial score (nSPS) is 15.9. The van der Waals surface area contributed by atoms with Gasteiger partial charge in [-0.25, -0.2) is 0 Å². The van der Waals surface area contributed by atoms with Crippen molar-refractivity contribution in [3.63, 3.8) is 0 Å². The molecule has 2 aromatic rings. The molecule has 0 bridgehead atoms. The van der Waals surface area contributed by atoms with Gasteiger partial charge in [0.05, 0.1) is 0 Å². The molecule has 0 amide bonds. The lowest BCUT2D eigenvalue weighted by atomic mass is 10.1. The maximum absolute atomic E-state index is 2.59. The number of allylic oxidation sites excluding steroid dienone is 1. The quantitative estimate of drug-likeness (QED) is 0.632. The summed E-state index contributed by atoms with van der Waals surface area (Å²) in [6.07, 6.45) is 6.29. The highest BCUT2D eigenvalue weighted by molar-refractivity contribution is 6.97. The number of aryl methyl sites for hydroxylation is 2. The summed E-state index contributed by atoms with van der Waals surface area (Å²) in [7, 11) is -1.61. The minimum absolute atomic E-state index is 1.16. The number of hydrogen-bond donors (Lipinski definition) is 0. The zero-order chi connectivity index (χ0) is 16.4. The smallest absolute Gasteiger partial charge is 0.0709 e. The number of unbranched alkanes of at least 4 members (excludes halogenated alkanes) is 1. The van der Waals surface area contributed by atoms with E-state index in [-0.39, 0.29) is 0 Å². The lowest BCUT2D eigenvalue weighted by Crippen LogP contribution is -2.47. The van der Waals surface area contributed by atoms with Gasteiger partial charge < -0.3 is 0 Å². The summed E-state index contributed by atoms with van der Waals surface area (Å²) >= 11 is 0. The van der Waals surface area contributed by atoms with Crippen LogP contribution in [0.15, 0.2) is 47.7 Å². The van der Waals surface area contributed by atoms with E-state index >= 15 is 0 Å². The molecule has 0 radical (unpaired) electrons. The molecular weight excluding hydrogens is 292 g/mol. The fraction of sp³-hybridized carbons (Fsp3) is 0.364. The van der Waals surface area contributed by atoms with Crippen molar-refractivity contribution >= 4 is 19.3 Å². The molecule has 0 spiro atoms. The maximum Gasteiger partial charge on any atom is 0.111 e. The molecule has 0 aromatic heterocycles. The van der Waals surface area contributed by atoms with Crippen LogP contribution in [0, 0.1) is 13.8 Å². The van der Waals surface area contributed by atoms with Crippen molar-refractivity contribution in [2.75, 3.05) is 0 Å². The van der Waals surface area contributed by atoms with Gasteiger partial charge in [0.15, 0.2) is 0 Å². The Balaban J connectivity index is 2.04. The van der Waals surface area contributed by atoms with Crippen LogP contribution in [0.5, 0.6) is 0 Å². The van der Waals surface area contributed by atoms with Crippen molar-refractivity contribution in [3.05, 3.63) is 69.9 Å². The summed E-state index contributed by atoms with van der Waals surface area (Å²) in [6, 6.07) is 17.5. The van der Waals surface area contributed by atoms with Crippen molar-refractivity contribution in [1.82, 2.24) is 0 Å². The van der Waals surface area contributed by atoms with Crippen molar-refractivity contribution in [2.24, 2.45) is 0 Å². The van der Waals surface area contributed by atoms with Gasteiger partial charge in [-0.1, -0.05) is 96.4 Å². The van der Waals surface area contributed by atoms with Gasteiger partial charge in [0, 0.05) is 0 Å². The Morgan fingerprint density at radius 2 is 1.70 bits per heavy atom. The highest BCUT2D eigenvalue weighted by Gasteiger charge is 2.35. The van der Waals surface area contributed by atoms with E-state index in [0.29, 0.717) is 0 Å². The Bertz CT molecular complexity index is 721. The Hall–Kier alpha value is -1.60. The molecule has 1 heteroatoms. The van der Waals surface area contributed by atoms with Crippen LogP contribution in [0.2, 0.25) is 12.6 Å². The number of fused-ring (bicyclic) bond motifs is 1. The van der Waals surface area contributed by atoms with E-state index in [2.05, 4.69) is 75.9 Å². The van der Waals surface area contributed by atoms with Crippen molar-refractivity contribution in [2.45, 2.75) is 52.6 Å². The molecule has 0 aliphatic heterocycles. The fourth-order valence-electron chi connectivity index (χ4n) is 3.95. The Labute approximate surface area is 142 Å². The van der Waals surface area contributed by atoms with Crippen LogP contribution < -0.4 is 5.19 Å². The molecule has 1 aliphatic rings. The largest absolute Gasteiger partial charge is 0.111 e. The summed E-state index contributed by atoms with van der Waals surface area (Å²) in [4.78, 5) is 0. The minimum Gasteiger partial charge on any atom is -0.0709 e. The summed E-state index contributed by atoms with van der Waals surface area (Å²) in [5.41, 5.74) is 5.78. The second-order valence-corrected chi connectivity index (χ2v) is 11.7. The first kappa shape index (κ1) is 16.3. The van der Waals surface area contributed by atoms with E-state index in [9.17, 15) is 0 Å². The van der Waals surface area contributed by atoms with Crippen molar-refractivity contribution in [3.8, 4) is 0 Å². The van der Waals surface area contributed by atoms with Crippen LogP contribution in [-0.4, -0.2) is 8.07 Å². The van der Waals surface area contributed by atoms with Gasteiger partial charge in [-0.05, 0) is 37.4 Å². The molecule has 23 heavy (non-hydrogen) atoms. The molecule has 3 rings (SSSR count). The molecule has 1 atom stereocenters. The van der Waals surface area contributed by atoms with E-state index in [4.69, 9.17) is 0 Å². The average molecular weight is 321 g/mol. The van der Waals surface area contributed by atoms with Crippen molar-refractivity contribution in [1.29, 1.82) is 0 Å². The Kier molecular flexibility index (Phi) is 4.59. The van der Waals surface area contributed by atoms with Crippen LogP contribution in [0.4, 0.5) is 0 Å². The monoisotopic (exact) mass is 320 g/mol. The molecular formula is C22H28Si. The van der Waals surface area contributed by atoms with Crippen molar-refractivity contribution < 1.29 is 0 Å². The third-order valence-corrected chi connectivity index (χ3v) is 10.0. The summed E-state index contributed by atoms with van der Waals surface area (Å²) < 4.78 is 0. The van der Waals surface area contributed by atoms with Crippen LogP contribution >= 0.6 is 0 Å². The third kappa shape index (κ3) is 3.21. The van der Waals surface area contributed by atoms with Crippen LogP contribution in [0.3, 0.4) is 0 Å². The van der Waals surface area contributed by atoms with Gasteiger partial charge in [-0.15, -0.1) is 0 Å². The second-order valence-electron chi connectivity index (χ2n) is 7.36. The number of benzene rings is 2. The predicted molar refractivity (Wildman–Crippen MR) is 105 cm³/mol.